The van der Waals surface area contributed by atoms with Gasteiger partial charge in [0.1, 0.15) is 28.6 Å². The second kappa shape index (κ2) is 11.5. The number of ether oxygens (including phenoxy) is 2. The number of fused-ring (bicyclic) bond motifs is 1. The topological polar surface area (TPSA) is 76.1 Å². The summed E-state index contributed by atoms with van der Waals surface area (Å²) in [5, 5.41) is 9.11. The van der Waals surface area contributed by atoms with Gasteiger partial charge in [0.2, 0.25) is 0 Å². The lowest BCUT2D eigenvalue weighted by Crippen LogP contribution is -2.26. The zero-order valence-electron chi connectivity index (χ0n) is 19.4. The van der Waals surface area contributed by atoms with Gasteiger partial charge in [-0.3, -0.25) is 4.79 Å². The van der Waals surface area contributed by atoms with E-state index in [1.54, 1.807) is 0 Å². The summed E-state index contributed by atoms with van der Waals surface area (Å²) in [5.74, 6) is 1.81. The minimum Gasteiger partial charge on any atom is -0.490 e. The summed E-state index contributed by atoms with van der Waals surface area (Å²) < 4.78 is 27.4. The van der Waals surface area contributed by atoms with Crippen molar-refractivity contribution in [1.29, 1.82) is 0 Å². The summed E-state index contributed by atoms with van der Waals surface area (Å²) >= 11 is 0. The van der Waals surface area contributed by atoms with Crippen molar-refractivity contribution in [1.82, 2.24) is 4.31 Å². The first-order chi connectivity index (χ1) is 16.6. The maximum atomic E-state index is 13.2. The van der Waals surface area contributed by atoms with Crippen molar-refractivity contribution in [3.05, 3.63) is 66.2 Å². The summed E-state index contributed by atoms with van der Waals surface area (Å²) in [6.07, 6.45) is 6.15. The van der Waals surface area contributed by atoms with Crippen LogP contribution in [0, 0.1) is 6.92 Å². The summed E-state index contributed by atoms with van der Waals surface area (Å²) in [6.45, 7) is 3.26. The van der Waals surface area contributed by atoms with E-state index in [9.17, 15) is 4.21 Å². The third-order valence-corrected chi connectivity index (χ3v) is 7.71. The molecule has 7 heteroatoms. The predicted octanol–water partition coefficient (Wildman–Crippen LogP) is 5.35. The predicted molar refractivity (Wildman–Crippen MR) is 134 cm³/mol. The Labute approximate surface area is 203 Å². The summed E-state index contributed by atoms with van der Waals surface area (Å²) in [5.41, 5.74) is 1.22. The maximum absolute atomic E-state index is 13.2. The van der Waals surface area contributed by atoms with Crippen LogP contribution in [-0.4, -0.2) is 45.4 Å². The molecular weight excluding hydrogens is 450 g/mol. The van der Waals surface area contributed by atoms with Crippen LogP contribution in [0.15, 0.2) is 65.6 Å². The zero-order chi connectivity index (χ0) is 23.9. The molecular formula is C27H31NO5S. The van der Waals surface area contributed by atoms with Gasteiger partial charge < -0.3 is 14.6 Å². The van der Waals surface area contributed by atoms with Crippen molar-refractivity contribution < 1.29 is 23.6 Å². The monoisotopic (exact) mass is 481 g/mol. The molecule has 180 valence electrons. The molecule has 0 amide bonds. The lowest BCUT2D eigenvalue weighted by Gasteiger charge is -2.17. The van der Waals surface area contributed by atoms with Crippen LogP contribution in [0.25, 0.3) is 10.8 Å². The minimum absolute atomic E-state index is 0.0717. The van der Waals surface area contributed by atoms with E-state index in [-0.39, 0.29) is 12.6 Å². The van der Waals surface area contributed by atoms with Crippen molar-refractivity contribution in [3.63, 3.8) is 0 Å². The molecule has 1 aliphatic heterocycles. The molecule has 2 aliphatic rings. The van der Waals surface area contributed by atoms with E-state index in [2.05, 4.69) is 37.3 Å². The van der Waals surface area contributed by atoms with Crippen LogP contribution < -0.4 is 9.47 Å². The van der Waals surface area contributed by atoms with E-state index >= 15 is 0 Å². The van der Waals surface area contributed by atoms with E-state index in [0.29, 0.717) is 12.6 Å². The lowest BCUT2D eigenvalue weighted by molar-refractivity contribution is -0.122. The Kier molecular flexibility index (Phi) is 8.19. The first-order valence-corrected chi connectivity index (χ1v) is 12.8. The Morgan fingerprint density at radius 3 is 2.24 bits per heavy atom. The van der Waals surface area contributed by atoms with Crippen LogP contribution in [0.5, 0.6) is 11.5 Å². The van der Waals surface area contributed by atoms with E-state index in [0.717, 1.165) is 53.0 Å². The minimum atomic E-state index is -1.18. The molecule has 1 saturated carbocycles. The molecule has 6 nitrogen and oxygen atoms in total. The fraction of sp³-hybridized carbons (Fsp3) is 0.370. The SMILES string of the molecule is Cc1ccc(OC2CCN(S(=O)c3ccc4cc(OC5CCCC5)ccc4c3)C2)cc1.O=CO. The highest BCUT2D eigenvalue weighted by molar-refractivity contribution is 7.82. The van der Waals surface area contributed by atoms with Gasteiger partial charge in [-0.25, -0.2) is 8.51 Å². The first-order valence-electron chi connectivity index (χ1n) is 11.7. The maximum Gasteiger partial charge on any atom is 0.290 e. The van der Waals surface area contributed by atoms with E-state index < -0.39 is 11.0 Å². The van der Waals surface area contributed by atoms with Crippen LogP contribution in [0.1, 0.15) is 37.7 Å². The van der Waals surface area contributed by atoms with Crippen molar-refractivity contribution >= 4 is 28.2 Å². The number of benzene rings is 3. The molecule has 0 bridgehead atoms. The van der Waals surface area contributed by atoms with Crippen molar-refractivity contribution in [2.75, 3.05) is 13.1 Å². The second-order valence-electron chi connectivity index (χ2n) is 8.78. The van der Waals surface area contributed by atoms with Gasteiger partial charge in [0.25, 0.3) is 6.47 Å². The fourth-order valence-electron chi connectivity index (χ4n) is 4.49. The number of hydrogen-bond acceptors (Lipinski definition) is 4. The van der Waals surface area contributed by atoms with Crippen LogP contribution in [0.4, 0.5) is 0 Å². The molecule has 2 unspecified atom stereocenters. The van der Waals surface area contributed by atoms with Crippen LogP contribution >= 0.6 is 0 Å². The van der Waals surface area contributed by atoms with Crippen molar-refractivity contribution in [3.8, 4) is 11.5 Å². The third-order valence-electron chi connectivity index (χ3n) is 6.26. The number of rotatable bonds is 6. The van der Waals surface area contributed by atoms with Crippen molar-refractivity contribution in [2.24, 2.45) is 0 Å². The Morgan fingerprint density at radius 1 is 0.882 bits per heavy atom. The molecule has 1 saturated heterocycles. The van der Waals surface area contributed by atoms with Gasteiger partial charge >= 0.3 is 0 Å². The van der Waals surface area contributed by atoms with Gasteiger partial charge in [-0.15, -0.1) is 0 Å². The Bertz CT molecular complexity index is 1130. The molecule has 0 spiro atoms. The van der Waals surface area contributed by atoms with E-state index in [1.807, 2.05) is 34.6 Å². The van der Waals surface area contributed by atoms with Gasteiger partial charge in [-0.05, 0) is 86.2 Å². The summed E-state index contributed by atoms with van der Waals surface area (Å²) in [6, 6.07) is 20.4. The molecule has 1 aliphatic carbocycles. The summed E-state index contributed by atoms with van der Waals surface area (Å²) in [7, 11) is -1.18. The normalized spacial score (nSPS) is 19.4. The van der Waals surface area contributed by atoms with Crippen LogP contribution in [-0.2, 0) is 15.8 Å². The van der Waals surface area contributed by atoms with E-state index in [4.69, 9.17) is 19.4 Å². The van der Waals surface area contributed by atoms with E-state index in [1.165, 1.54) is 18.4 Å². The fourth-order valence-corrected chi connectivity index (χ4v) is 5.77. The highest BCUT2D eigenvalue weighted by Crippen LogP contribution is 2.29. The Hall–Kier alpha value is -2.90. The number of nitrogens with zero attached hydrogens (tertiary/aromatic N) is 1. The second-order valence-corrected chi connectivity index (χ2v) is 10.3. The number of aryl methyl sites for hydroxylation is 1. The highest BCUT2D eigenvalue weighted by atomic mass is 32.2. The van der Waals surface area contributed by atoms with Gasteiger partial charge in [0.05, 0.1) is 11.0 Å². The molecule has 5 rings (SSSR count). The summed E-state index contributed by atoms with van der Waals surface area (Å²) in [4.78, 5) is 9.20. The average Bonchev–Trinajstić information content (AvgIpc) is 3.53. The molecule has 2 fully saturated rings. The van der Waals surface area contributed by atoms with Gasteiger partial charge in [-0.1, -0.05) is 29.8 Å². The zero-order valence-corrected chi connectivity index (χ0v) is 20.2. The van der Waals surface area contributed by atoms with Gasteiger partial charge in [0, 0.05) is 13.1 Å². The average molecular weight is 482 g/mol. The molecule has 1 N–H and O–H groups in total. The Balaban J connectivity index is 0.000000868. The largest absolute Gasteiger partial charge is 0.490 e. The molecule has 1 heterocycles. The first kappa shape index (κ1) is 24.2. The molecule has 2 atom stereocenters. The molecule has 34 heavy (non-hydrogen) atoms. The molecule has 3 aromatic rings. The Morgan fingerprint density at radius 2 is 1.50 bits per heavy atom. The molecule has 0 radical (unpaired) electrons. The van der Waals surface area contributed by atoms with Gasteiger partial charge in [-0.2, -0.15) is 0 Å². The molecule has 3 aromatic carbocycles. The number of hydrogen-bond donors (Lipinski definition) is 1. The number of carboxylic acid groups (broad SMARTS) is 1. The number of carbonyl (C=O) groups is 1. The van der Waals surface area contributed by atoms with Gasteiger partial charge in [0.15, 0.2) is 0 Å². The van der Waals surface area contributed by atoms with Crippen molar-refractivity contribution in [2.45, 2.75) is 56.1 Å². The third kappa shape index (κ3) is 6.15. The quantitative estimate of drug-likeness (QED) is 0.481. The smallest absolute Gasteiger partial charge is 0.290 e. The molecule has 0 aromatic heterocycles. The van der Waals surface area contributed by atoms with Crippen LogP contribution in [0.2, 0.25) is 0 Å². The standard InChI is InChI=1S/C26H29NO3S.CH2O2/c1-19-6-10-23(11-7-19)30-25-14-15-27(18-25)31(28)26-13-9-20-16-24(12-8-21(20)17-26)29-22-4-2-3-5-22;2-1-3/h6-13,16-17,22,25H,2-5,14-15,18H2,1H3;1H,(H,2,3). The van der Waals surface area contributed by atoms with Crippen LogP contribution in [0.3, 0.4) is 0 Å². The lowest BCUT2D eigenvalue weighted by atomic mass is 10.1. The highest BCUT2D eigenvalue weighted by Gasteiger charge is 2.28.